The molecule has 0 N–H and O–H groups in total. The quantitative estimate of drug-likeness (QED) is 0.437. The zero-order valence-corrected chi connectivity index (χ0v) is 14.0. The molecule has 0 atom stereocenters. The first-order chi connectivity index (χ1) is 11.8. The molecule has 3 rings (SSSR count). The minimum Gasteiger partial charge on any atom is -0.258 e. The van der Waals surface area contributed by atoms with E-state index in [-0.39, 0.29) is 17.1 Å². The molecule has 0 fully saturated rings. The number of halogens is 4. The Hall–Kier alpha value is -2.68. The monoisotopic (exact) mass is 411 g/mol. The molecule has 1 heterocycles. The van der Waals surface area contributed by atoms with Crippen LogP contribution >= 0.6 is 15.9 Å². The fraction of sp³-hybridized carbons (Fsp3) is 0.0625. The molecular formula is C16H9BrF3N3O2. The summed E-state index contributed by atoms with van der Waals surface area (Å²) in [6, 6.07) is 12.4. The van der Waals surface area contributed by atoms with Gasteiger partial charge in [0.25, 0.3) is 5.69 Å². The van der Waals surface area contributed by atoms with Gasteiger partial charge in [-0.05, 0) is 30.3 Å². The minimum absolute atomic E-state index is 0.0845. The van der Waals surface area contributed by atoms with E-state index in [1.807, 2.05) is 0 Å². The molecular weight excluding hydrogens is 403 g/mol. The Bertz CT molecular complexity index is 919. The van der Waals surface area contributed by atoms with Crippen molar-refractivity contribution in [3.63, 3.8) is 0 Å². The molecule has 0 aliphatic carbocycles. The molecule has 5 nitrogen and oxygen atoms in total. The number of non-ortho nitro benzene ring substituents is 1. The third kappa shape index (κ3) is 3.55. The fourth-order valence-corrected chi connectivity index (χ4v) is 2.52. The minimum atomic E-state index is -4.62. The van der Waals surface area contributed by atoms with Crippen molar-refractivity contribution >= 4 is 21.6 Å². The molecule has 0 bridgehead atoms. The third-order valence-corrected chi connectivity index (χ3v) is 3.97. The summed E-state index contributed by atoms with van der Waals surface area (Å²) in [5, 5.41) is 14.7. The average Bonchev–Trinajstić information content (AvgIpc) is 3.01. The molecule has 0 radical (unpaired) electrons. The van der Waals surface area contributed by atoms with Crippen LogP contribution in [0.25, 0.3) is 16.9 Å². The van der Waals surface area contributed by atoms with Crippen LogP contribution in [0.3, 0.4) is 0 Å². The van der Waals surface area contributed by atoms with Gasteiger partial charge in [0.1, 0.15) is 5.69 Å². The highest BCUT2D eigenvalue weighted by Gasteiger charge is 2.36. The summed E-state index contributed by atoms with van der Waals surface area (Å²) in [6.45, 7) is 0. The first-order valence-electron chi connectivity index (χ1n) is 6.94. The van der Waals surface area contributed by atoms with Crippen molar-refractivity contribution < 1.29 is 18.1 Å². The molecule has 0 spiro atoms. The van der Waals surface area contributed by atoms with Gasteiger partial charge in [-0.1, -0.05) is 28.1 Å². The molecule has 0 amide bonds. The van der Waals surface area contributed by atoms with Crippen LogP contribution in [-0.4, -0.2) is 14.7 Å². The first-order valence-corrected chi connectivity index (χ1v) is 7.73. The van der Waals surface area contributed by atoms with Crippen LogP contribution in [0.5, 0.6) is 0 Å². The number of hydrogen-bond donors (Lipinski definition) is 0. The van der Waals surface area contributed by atoms with Crippen LogP contribution in [0.1, 0.15) is 5.69 Å². The summed E-state index contributed by atoms with van der Waals surface area (Å²) in [7, 11) is 0. The summed E-state index contributed by atoms with van der Waals surface area (Å²) >= 11 is 3.26. The van der Waals surface area contributed by atoms with Crippen molar-refractivity contribution in [3.8, 4) is 16.9 Å². The van der Waals surface area contributed by atoms with E-state index >= 15 is 0 Å². The van der Waals surface area contributed by atoms with E-state index in [0.29, 0.717) is 5.56 Å². The maximum absolute atomic E-state index is 13.4. The molecule has 3 aromatic rings. The first kappa shape index (κ1) is 17.2. The highest BCUT2D eigenvalue weighted by molar-refractivity contribution is 9.10. The summed E-state index contributed by atoms with van der Waals surface area (Å²) < 4.78 is 41.6. The lowest BCUT2D eigenvalue weighted by Crippen LogP contribution is -2.13. The number of hydrogen-bond acceptors (Lipinski definition) is 3. The van der Waals surface area contributed by atoms with E-state index in [0.717, 1.165) is 27.4 Å². The Labute approximate surface area is 148 Å². The van der Waals surface area contributed by atoms with Gasteiger partial charge in [-0.25, -0.2) is 4.68 Å². The van der Waals surface area contributed by atoms with E-state index in [4.69, 9.17) is 0 Å². The maximum atomic E-state index is 13.4. The summed E-state index contributed by atoms with van der Waals surface area (Å²) in [6.07, 6.45) is -4.62. The average molecular weight is 412 g/mol. The zero-order chi connectivity index (χ0) is 18.2. The summed E-state index contributed by atoms with van der Waals surface area (Å²) in [5.74, 6) is 0. The van der Waals surface area contributed by atoms with Gasteiger partial charge >= 0.3 is 6.18 Å². The van der Waals surface area contributed by atoms with Crippen molar-refractivity contribution in [3.05, 3.63) is 74.9 Å². The van der Waals surface area contributed by atoms with E-state index in [1.54, 1.807) is 24.3 Å². The maximum Gasteiger partial charge on any atom is 0.433 e. The number of aromatic nitrogens is 2. The second kappa shape index (κ2) is 6.32. The van der Waals surface area contributed by atoms with Gasteiger partial charge in [-0.15, -0.1) is 0 Å². The zero-order valence-electron chi connectivity index (χ0n) is 12.4. The van der Waals surface area contributed by atoms with Crippen LogP contribution in [-0.2, 0) is 6.18 Å². The lowest BCUT2D eigenvalue weighted by atomic mass is 10.1. The van der Waals surface area contributed by atoms with E-state index in [2.05, 4.69) is 21.0 Å². The third-order valence-electron chi connectivity index (χ3n) is 3.44. The van der Waals surface area contributed by atoms with Crippen LogP contribution in [0.2, 0.25) is 0 Å². The predicted molar refractivity (Wildman–Crippen MR) is 88.4 cm³/mol. The molecule has 2 aromatic carbocycles. The largest absolute Gasteiger partial charge is 0.433 e. The van der Waals surface area contributed by atoms with E-state index in [9.17, 15) is 23.3 Å². The molecule has 25 heavy (non-hydrogen) atoms. The van der Waals surface area contributed by atoms with Gasteiger partial charge in [-0.3, -0.25) is 10.1 Å². The molecule has 1 aromatic heterocycles. The van der Waals surface area contributed by atoms with Gasteiger partial charge < -0.3 is 0 Å². The second-order valence-corrected chi connectivity index (χ2v) is 6.02. The smallest absolute Gasteiger partial charge is 0.258 e. The highest BCUT2D eigenvalue weighted by atomic mass is 79.9. The number of nitro benzene ring substituents is 1. The Balaban J connectivity index is 2.11. The van der Waals surface area contributed by atoms with Crippen molar-refractivity contribution in [2.45, 2.75) is 6.18 Å². The van der Waals surface area contributed by atoms with Crippen LogP contribution in [0.15, 0.2) is 59.1 Å². The lowest BCUT2D eigenvalue weighted by Gasteiger charge is -2.09. The van der Waals surface area contributed by atoms with Crippen LogP contribution < -0.4 is 0 Å². The molecule has 0 saturated carbocycles. The van der Waals surface area contributed by atoms with Crippen molar-refractivity contribution in [1.82, 2.24) is 9.78 Å². The van der Waals surface area contributed by atoms with Gasteiger partial charge in [0.05, 0.1) is 16.3 Å². The normalized spacial score (nSPS) is 11.5. The molecule has 128 valence electrons. The summed E-state index contributed by atoms with van der Waals surface area (Å²) in [5.41, 5.74) is -0.411. The van der Waals surface area contributed by atoms with Crippen molar-refractivity contribution in [1.29, 1.82) is 0 Å². The standard InChI is InChI=1S/C16H9BrF3N3O2/c17-11-3-1-10(2-4-11)14-9-15(16(18,19)20)22(21-14)12-5-7-13(8-6-12)23(24)25/h1-9H. The Morgan fingerprint density at radius 3 is 2.16 bits per heavy atom. The van der Waals surface area contributed by atoms with Gasteiger partial charge in [0.15, 0.2) is 0 Å². The topological polar surface area (TPSA) is 61.0 Å². The van der Waals surface area contributed by atoms with Crippen LogP contribution in [0, 0.1) is 10.1 Å². The molecule has 9 heteroatoms. The van der Waals surface area contributed by atoms with Gasteiger partial charge in [0.2, 0.25) is 0 Å². The van der Waals surface area contributed by atoms with E-state index in [1.165, 1.54) is 12.1 Å². The molecule has 0 aliphatic heterocycles. The number of rotatable bonds is 3. The number of benzene rings is 2. The lowest BCUT2D eigenvalue weighted by molar-refractivity contribution is -0.384. The summed E-state index contributed by atoms with van der Waals surface area (Å²) in [4.78, 5) is 10.1. The molecule has 0 aliphatic rings. The van der Waals surface area contributed by atoms with Crippen LogP contribution in [0.4, 0.5) is 18.9 Å². The van der Waals surface area contributed by atoms with Gasteiger partial charge in [-0.2, -0.15) is 18.3 Å². The Morgan fingerprint density at radius 1 is 1.04 bits per heavy atom. The van der Waals surface area contributed by atoms with Crippen molar-refractivity contribution in [2.24, 2.45) is 0 Å². The second-order valence-electron chi connectivity index (χ2n) is 5.10. The Kier molecular flexibility index (Phi) is 4.34. The Morgan fingerprint density at radius 2 is 1.64 bits per heavy atom. The fourth-order valence-electron chi connectivity index (χ4n) is 2.26. The predicted octanol–water partition coefficient (Wildman–Crippen LogP) is 5.23. The number of alkyl halides is 3. The highest BCUT2D eigenvalue weighted by Crippen LogP contribution is 2.34. The van der Waals surface area contributed by atoms with Crippen molar-refractivity contribution in [2.75, 3.05) is 0 Å². The van der Waals surface area contributed by atoms with Gasteiger partial charge in [0, 0.05) is 22.2 Å². The molecule has 0 saturated heterocycles. The molecule has 0 unspecified atom stereocenters. The number of nitro groups is 1. The number of nitrogens with zero attached hydrogens (tertiary/aromatic N) is 3. The SMILES string of the molecule is O=[N+]([O-])c1ccc(-n2nc(-c3ccc(Br)cc3)cc2C(F)(F)F)cc1. The van der Waals surface area contributed by atoms with E-state index < -0.39 is 16.8 Å².